The van der Waals surface area contributed by atoms with Crippen molar-refractivity contribution in [3.63, 3.8) is 0 Å². The van der Waals surface area contributed by atoms with Gasteiger partial charge in [-0.05, 0) is 12.3 Å². The maximum Gasteiger partial charge on any atom is -0.0382 e. The van der Waals surface area contributed by atoms with Crippen molar-refractivity contribution in [1.29, 1.82) is 0 Å². The van der Waals surface area contributed by atoms with Crippen LogP contribution in [0, 0.1) is 5.92 Å². The molecule has 1 fully saturated rings. The van der Waals surface area contributed by atoms with E-state index < -0.39 is 0 Å². The molecular formula is C12H26. The van der Waals surface area contributed by atoms with E-state index in [1.165, 1.54) is 25.7 Å². The second-order valence-corrected chi connectivity index (χ2v) is 2.90. The van der Waals surface area contributed by atoms with Gasteiger partial charge in [0, 0.05) is 0 Å². The Hall–Kier alpha value is -0.260. The highest BCUT2D eigenvalue weighted by atomic mass is 14.2. The van der Waals surface area contributed by atoms with E-state index >= 15 is 0 Å². The summed E-state index contributed by atoms with van der Waals surface area (Å²) >= 11 is 0. The zero-order valence-electron chi connectivity index (χ0n) is 9.40. The van der Waals surface area contributed by atoms with E-state index in [1.807, 2.05) is 19.9 Å². The maximum atomic E-state index is 3.48. The van der Waals surface area contributed by atoms with Gasteiger partial charge in [-0.15, -0.1) is 6.58 Å². The van der Waals surface area contributed by atoms with Crippen molar-refractivity contribution >= 4 is 0 Å². The average Bonchev–Trinajstić information content (AvgIpc) is 2.07. The summed E-state index contributed by atoms with van der Waals surface area (Å²) < 4.78 is 0. The lowest BCUT2D eigenvalue weighted by Crippen LogP contribution is -2.08. The zero-order valence-corrected chi connectivity index (χ0v) is 9.40. The molecule has 0 nitrogen and oxygen atoms in total. The summed E-state index contributed by atoms with van der Waals surface area (Å²) in [6, 6.07) is 0. The van der Waals surface area contributed by atoms with Gasteiger partial charge in [-0.3, -0.25) is 0 Å². The Bertz CT molecular complexity index is 67.4. The third kappa shape index (κ3) is 9.74. The first-order valence-electron chi connectivity index (χ1n) is 5.46. The fourth-order valence-corrected chi connectivity index (χ4v) is 0.901. The fourth-order valence-electron chi connectivity index (χ4n) is 0.901. The summed E-state index contributed by atoms with van der Waals surface area (Å²) in [5, 5.41) is 0. The number of hydrogen-bond donors (Lipinski definition) is 0. The van der Waals surface area contributed by atoms with Crippen LogP contribution >= 0.6 is 0 Å². The van der Waals surface area contributed by atoms with Crippen LogP contribution in [0.25, 0.3) is 0 Å². The second-order valence-electron chi connectivity index (χ2n) is 2.90. The number of hydrogen-bond acceptors (Lipinski definition) is 0. The highest BCUT2D eigenvalue weighted by Gasteiger charge is 2.13. The molecule has 0 aliphatic heterocycles. The molecule has 0 aromatic rings. The highest BCUT2D eigenvalue weighted by molar-refractivity contribution is 4.66. The predicted molar refractivity (Wildman–Crippen MR) is 59.5 cm³/mol. The average molecular weight is 170 g/mol. The van der Waals surface area contributed by atoms with E-state index in [1.54, 1.807) is 0 Å². The molecule has 1 aliphatic rings. The van der Waals surface area contributed by atoms with E-state index in [9.17, 15) is 0 Å². The summed E-state index contributed by atoms with van der Waals surface area (Å²) in [4.78, 5) is 0. The van der Waals surface area contributed by atoms with Crippen molar-refractivity contribution in [2.45, 2.75) is 59.8 Å². The molecule has 0 heterocycles. The molecule has 74 valence electrons. The molecule has 0 bridgehead atoms. The topological polar surface area (TPSA) is 0 Å². The maximum absolute atomic E-state index is 3.48. The largest absolute Gasteiger partial charge is 0.103 e. The summed E-state index contributed by atoms with van der Waals surface area (Å²) in [6.45, 7) is 11.8. The summed E-state index contributed by atoms with van der Waals surface area (Å²) in [6.07, 6.45) is 8.89. The third-order valence-electron chi connectivity index (χ3n) is 2.09. The molecule has 12 heavy (non-hydrogen) atoms. The molecule has 0 spiro atoms. The van der Waals surface area contributed by atoms with Crippen LogP contribution in [-0.2, 0) is 0 Å². The minimum Gasteiger partial charge on any atom is -0.103 e. The van der Waals surface area contributed by atoms with Crippen LogP contribution in [0.1, 0.15) is 59.8 Å². The summed E-state index contributed by atoms with van der Waals surface area (Å²) in [7, 11) is 0. The van der Waals surface area contributed by atoms with E-state index in [4.69, 9.17) is 0 Å². The van der Waals surface area contributed by atoms with Gasteiger partial charge in [0.1, 0.15) is 0 Å². The summed E-state index contributed by atoms with van der Waals surface area (Å²) in [5.74, 6) is 1.12. The van der Waals surface area contributed by atoms with Crippen LogP contribution in [-0.4, -0.2) is 0 Å². The van der Waals surface area contributed by atoms with E-state index in [0.29, 0.717) is 0 Å². The SMILES string of the molecule is C=CCC.CC.CCC1CCC1. The van der Waals surface area contributed by atoms with Gasteiger partial charge in [0.15, 0.2) is 0 Å². The number of rotatable bonds is 2. The standard InChI is InChI=1S/C6H12.C4H8.C2H6/c1-2-6-4-3-5-6;1-3-4-2;1-2/h6H,2-5H2,1H3;3H,1,4H2,2H3;1-2H3. The smallest absolute Gasteiger partial charge is 0.0382 e. The van der Waals surface area contributed by atoms with Gasteiger partial charge in [0.25, 0.3) is 0 Å². The molecule has 0 radical (unpaired) electrons. The van der Waals surface area contributed by atoms with Crippen molar-refractivity contribution in [1.82, 2.24) is 0 Å². The normalized spacial score (nSPS) is 14.3. The minimum atomic E-state index is 1.08. The Balaban J connectivity index is 0. The predicted octanol–water partition coefficient (Wildman–Crippen LogP) is 4.81. The molecular weight excluding hydrogens is 144 g/mol. The lowest BCUT2D eigenvalue weighted by atomic mass is 9.84. The van der Waals surface area contributed by atoms with Gasteiger partial charge in [0.05, 0.1) is 0 Å². The lowest BCUT2D eigenvalue weighted by Gasteiger charge is -2.22. The van der Waals surface area contributed by atoms with Crippen molar-refractivity contribution < 1.29 is 0 Å². The van der Waals surface area contributed by atoms with Crippen LogP contribution in [0.2, 0.25) is 0 Å². The third-order valence-corrected chi connectivity index (χ3v) is 2.09. The van der Waals surface area contributed by atoms with Gasteiger partial charge in [0.2, 0.25) is 0 Å². The Kier molecular flexibility index (Phi) is 15.9. The van der Waals surface area contributed by atoms with Gasteiger partial charge in [-0.2, -0.15) is 0 Å². The van der Waals surface area contributed by atoms with Crippen LogP contribution < -0.4 is 0 Å². The first-order chi connectivity index (χ1) is 5.85. The van der Waals surface area contributed by atoms with Gasteiger partial charge in [-0.25, -0.2) is 0 Å². The zero-order chi connectivity index (χ0) is 9.82. The quantitative estimate of drug-likeness (QED) is 0.522. The first kappa shape index (κ1) is 14.3. The summed E-state index contributed by atoms with van der Waals surface area (Å²) in [5.41, 5.74) is 0. The molecule has 1 aliphatic carbocycles. The second kappa shape index (κ2) is 13.3. The molecule has 0 N–H and O–H groups in total. The van der Waals surface area contributed by atoms with Crippen molar-refractivity contribution in [2.24, 2.45) is 5.92 Å². The molecule has 0 heteroatoms. The lowest BCUT2D eigenvalue weighted by molar-refractivity contribution is 0.307. The van der Waals surface area contributed by atoms with E-state index in [0.717, 1.165) is 12.3 Å². The van der Waals surface area contributed by atoms with E-state index in [2.05, 4.69) is 20.4 Å². The van der Waals surface area contributed by atoms with E-state index in [-0.39, 0.29) is 0 Å². The molecule has 0 atom stereocenters. The molecule has 1 saturated carbocycles. The highest BCUT2D eigenvalue weighted by Crippen LogP contribution is 2.28. The number of allylic oxidation sites excluding steroid dienone is 1. The molecule has 0 saturated heterocycles. The van der Waals surface area contributed by atoms with Crippen LogP contribution in [0.3, 0.4) is 0 Å². The molecule has 0 amide bonds. The first-order valence-corrected chi connectivity index (χ1v) is 5.46. The molecule has 0 aromatic heterocycles. The Morgan fingerprint density at radius 2 is 1.67 bits per heavy atom. The monoisotopic (exact) mass is 170 g/mol. The van der Waals surface area contributed by atoms with Crippen LogP contribution in [0.15, 0.2) is 12.7 Å². The van der Waals surface area contributed by atoms with Crippen molar-refractivity contribution in [2.75, 3.05) is 0 Å². The van der Waals surface area contributed by atoms with Gasteiger partial charge >= 0.3 is 0 Å². The molecule has 1 rings (SSSR count). The van der Waals surface area contributed by atoms with Crippen molar-refractivity contribution in [3.8, 4) is 0 Å². The van der Waals surface area contributed by atoms with Crippen LogP contribution in [0.4, 0.5) is 0 Å². The Morgan fingerprint density at radius 3 is 1.67 bits per heavy atom. The minimum absolute atomic E-state index is 1.08. The Morgan fingerprint density at radius 1 is 1.25 bits per heavy atom. The van der Waals surface area contributed by atoms with Crippen LogP contribution in [0.5, 0.6) is 0 Å². The van der Waals surface area contributed by atoms with Crippen molar-refractivity contribution in [3.05, 3.63) is 12.7 Å². The molecule has 0 unspecified atom stereocenters. The van der Waals surface area contributed by atoms with Gasteiger partial charge in [-0.1, -0.05) is 59.5 Å². The van der Waals surface area contributed by atoms with Gasteiger partial charge < -0.3 is 0 Å². The fraction of sp³-hybridized carbons (Fsp3) is 0.833. The molecule has 0 aromatic carbocycles. The Labute approximate surface area is 79.1 Å².